The molecule has 21 heavy (non-hydrogen) atoms. The van der Waals surface area contributed by atoms with E-state index in [0.29, 0.717) is 5.41 Å². The van der Waals surface area contributed by atoms with E-state index in [-0.39, 0.29) is 0 Å². The third-order valence-corrected chi connectivity index (χ3v) is 5.24. The number of hydrogen-bond acceptors (Lipinski definition) is 1. The number of nitrogens with one attached hydrogen (secondary N) is 1. The summed E-state index contributed by atoms with van der Waals surface area (Å²) in [5, 5.41) is 3.90. The van der Waals surface area contributed by atoms with Crippen LogP contribution in [0.25, 0.3) is 0 Å². The monoisotopic (exact) mass is 295 g/mol. The van der Waals surface area contributed by atoms with Gasteiger partial charge in [0, 0.05) is 6.04 Å². The summed E-state index contributed by atoms with van der Waals surface area (Å²) < 4.78 is 0. The van der Waals surface area contributed by atoms with Crippen molar-refractivity contribution in [2.45, 2.75) is 99.0 Å². The zero-order valence-corrected chi connectivity index (χ0v) is 15.7. The molecule has 0 saturated heterocycles. The summed E-state index contributed by atoms with van der Waals surface area (Å²) in [5.41, 5.74) is 0.466. The largest absolute Gasteiger partial charge is 0.314 e. The lowest BCUT2D eigenvalue weighted by atomic mass is 9.73. The average Bonchev–Trinajstić information content (AvgIpc) is 2.41. The lowest BCUT2D eigenvalue weighted by Gasteiger charge is -2.37. The van der Waals surface area contributed by atoms with Gasteiger partial charge in [-0.25, -0.2) is 0 Å². The highest BCUT2D eigenvalue weighted by atomic mass is 14.9. The van der Waals surface area contributed by atoms with Crippen LogP contribution in [0.4, 0.5) is 0 Å². The van der Waals surface area contributed by atoms with E-state index in [9.17, 15) is 0 Å². The lowest BCUT2D eigenvalue weighted by molar-refractivity contribution is 0.177. The minimum Gasteiger partial charge on any atom is -0.314 e. The van der Waals surface area contributed by atoms with Gasteiger partial charge in [-0.2, -0.15) is 0 Å². The van der Waals surface area contributed by atoms with Crippen LogP contribution >= 0.6 is 0 Å². The van der Waals surface area contributed by atoms with Crippen LogP contribution in [-0.4, -0.2) is 12.6 Å². The van der Waals surface area contributed by atoms with Gasteiger partial charge in [0.2, 0.25) is 0 Å². The quantitative estimate of drug-likeness (QED) is 0.576. The van der Waals surface area contributed by atoms with Crippen LogP contribution < -0.4 is 5.32 Å². The molecule has 1 rings (SSSR count). The van der Waals surface area contributed by atoms with Crippen LogP contribution in [0.3, 0.4) is 0 Å². The summed E-state index contributed by atoms with van der Waals surface area (Å²) in [6.45, 7) is 15.5. The zero-order valence-electron chi connectivity index (χ0n) is 15.7. The third-order valence-electron chi connectivity index (χ3n) is 5.24. The summed E-state index contributed by atoms with van der Waals surface area (Å²) in [6, 6.07) is 0.761. The molecule has 0 amide bonds. The molecule has 0 aromatic heterocycles. The van der Waals surface area contributed by atoms with E-state index in [4.69, 9.17) is 0 Å². The van der Waals surface area contributed by atoms with Gasteiger partial charge in [-0.3, -0.25) is 0 Å². The average molecular weight is 296 g/mol. The van der Waals surface area contributed by atoms with Gasteiger partial charge in [-0.15, -0.1) is 0 Å². The molecule has 4 unspecified atom stereocenters. The Kier molecular flexibility index (Phi) is 8.31. The Balaban J connectivity index is 2.57. The Morgan fingerprint density at radius 2 is 1.86 bits per heavy atom. The molecule has 1 fully saturated rings. The number of hydrogen-bond donors (Lipinski definition) is 1. The minimum atomic E-state index is 0.466. The Hall–Kier alpha value is -0.0400. The summed E-state index contributed by atoms with van der Waals surface area (Å²) in [4.78, 5) is 0. The fourth-order valence-electron chi connectivity index (χ4n) is 4.40. The maximum absolute atomic E-state index is 3.90. The summed E-state index contributed by atoms with van der Waals surface area (Å²) in [6.07, 6.45) is 11.2. The van der Waals surface area contributed by atoms with Crippen molar-refractivity contribution in [3.05, 3.63) is 0 Å². The number of rotatable bonds is 8. The second kappa shape index (κ2) is 9.18. The standard InChI is InChI=1S/C20H41N/c1-7-12-21-19(13-16(3)15-20(4,5)6)18-11-9-10-17(8-2)14-18/h16-19,21H,7-15H2,1-6H3. The van der Waals surface area contributed by atoms with E-state index in [0.717, 1.165) is 23.8 Å². The van der Waals surface area contributed by atoms with Crippen molar-refractivity contribution in [2.24, 2.45) is 23.2 Å². The molecule has 0 aliphatic heterocycles. The van der Waals surface area contributed by atoms with Crippen LogP contribution in [0.5, 0.6) is 0 Å². The Morgan fingerprint density at radius 1 is 1.14 bits per heavy atom. The van der Waals surface area contributed by atoms with E-state index in [1.807, 2.05) is 0 Å². The Morgan fingerprint density at radius 3 is 2.43 bits per heavy atom. The summed E-state index contributed by atoms with van der Waals surface area (Å²) in [5.74, 6) is 2.76. The van der Waals surface area contributed by atoms with Gasteiger partial charge in [-0.1, -0.05) is 60.8 Å². The first-order valence-corrected chi connectivity index (χ1v) is 9.59. The molecule has 0 aromatic carbocycles. The van der Waals surface area contributed by atoms with E-state index in [2.05, 4.69) is 46.9 Å². The van der Waals surface area contributed by atoms with Gasteiger partial charge in [0.15, 0.2) is 0 Å². The molecule has 4 atom stereocenters. The molecule has 1 aliphatic rings. The molecular formula is C20H41N. The highest BCUT2D eigenvalue weighted by molar-refractivity contribution is 4.84. The van der Waals surface area contributed by atoms with Crippen LogP contribution in [0.1, 0.15) is 92.9 Å². The molecule has 0 spiro atoms. The van der Waals surface area contributed by atoms with E-state index < -0.39 is 0 Å². The first-order valence-electron chi connectivity index (χ1n) is 9.59. The van der Waals surface area contributed by atoms with Gasteiger partial charge >= 0.3 is 0 Å². The fraction of sp³-hybridized carbons (Fsp3) is 1.00. The van der Waals surface area contributed by atoms with Gasteiger partial charge in [-0.05, 0) is 61.8 Å². The van der Waals surface area contributed by atoms with E-state index in [1.165, 1.54) is 57.9 Å². The predicted octanol–water partition coefficient (Wildman–Crippen LogP) is 6.03. The first kappa shape index (κ1) is 19.0. The molecule has 1 heteroatoms. The molecule has 1 nitrogen and oxygen atoms in total. The van der Waals surface area contributed by atoms with E-state index in [1.54, 1.807) is 0 Å². The van der Waals surface area contributed by atoms with Gasteiger partial charge in [0.05, 0.1) is 0 Å². The van der Waals surface area contributed by atoms with Crippen LogP contribution in [0, 0.1) is 23.2 Å². The topological polar surface area (TPSA) is 12.0 Å². The molecule has 1 N–H and O–H groups in total. The van der Waals surface area contributed by atoms with Crippen molar-refractivity contribution in [1.29, 1.82) is 0 Å². The normalized spacial score (nSPS) is 26.6. The fourth-order valence-corrected chi connectivity index (χ4v) is 4.40. The second-order valence-electron chi connectivity index (χ2n) is 8.87. The highest BCUT2D eigenvalue weighted by Crippen LogP contribution is 2.36. The van der Waals surface area contributed by atoms with Gasteiger partial charge < -0.3 is 5.32 Å². The maximum atomic E-state index is 3.90. The minimum absolute atomic E-state index is 0.466. The van der Waals surface area contributed by atoms with Crippen molar-refractivity contribution in [1.82, 2.24) is 5.32 Å². The van der Waals surface area contributed by atoms with Gasteiger partial charge in [0.1, 0.15) is 0 Å². The first-order chi connectivity index (χ1) is 9.85. The molecule has 0 aromatic rings. The summed E-state index contributed by atoms with van der Waals surface area (Å²) >= 11 is 0. The summed E-state index contributed by atoms with van der Waals surface area (Å²) in [7, 11) is 0. The van der Waals surface area contributed by atoms with Crippen molar-refractivity contribution < 1.29 is 0 Å². The van der Waals surface area contributed by atoms with Crippen molar-refractivity contribution >= 4 is 0 Å². The predicted molar refractivity (Wildman–Crippen MR) is 95.7 cm³/mol. The Bertz CT molecular complexity index is 266. The van der Waals surface area contributed by atoms with Crippen LogP contribution in [-0.2, 0) is 0 Å². The van der Waals surface area contributed by atoms with Gasteiger partial charge in [0.25, 0.3) is 0 Å². The smallest absolute Gasteiger partial charge is 0.00979 e. The van der Waals surface area contributed by atoms with Crippen LogP contribution in [0.2, 0.25) is 0 Å². The molecule has 0 heterocycles. The molecule has 0 bridgehead atoms. The second-order valence-corrected chi connectivity index (χ2v) is 8.87. The lowest BCUT2D eigenvalue weighted by Crippen LogP contribution is -2.40. The molecular weight excluding hydrogens is 254 g/mol. The van der Waals surface area contributed by atoms with Crippen LogP contribution in [0.15, 0.2) is 0 Å². The van der Waals surface area contributed by atoms with Crippen molar-refractivity contribution in [3.63, 3.8) is 0 Å². The highest BCUT2D eigenvalue weighted by Gasteiger charge is 2.29. The maximum Gasteiger partial charge on any atom is 0.00979 e. The van der Waals surface area contributed by atoms with Crippen molar-refractivity contribution in [2.75, 3.05) is 6.54 Å². The Labute approximate surface area is 134 Å². The van der Waals surface area contributed by atoms with E-state index >= 15 is 0 Å². The molecule has 1 aliphatic carbocycles. The molecule has 0 radical (unpaired) electrons. The van der Waals surface area contributed by atoms with Crippen molar-refractivity contribution in [3.8, 4) is 0 Å². The zero-order chi connectivity index (χ0) is 15.9. The third kappa shape index (κ3) is 7.68. The molecule has 126 valence electrons. The SMILES string of the molecule is CCCNC(CC(C)CC(C)(C)C)C1CCCC(CC)C1. The molecule has 1 saturated carbocycles.